The molecule has 2 rings (SSSR count). The van der Waals surface area contributed by atoms with E-state index in [2.05, 4.69) is 39.6 Å². The molecule has 0 fully saturated rings. The Balaban J connectivity index is 1.98. The lowest BCUT2D eigenvalue weighted by atomic mass is 10.3. The Morgan fingerprint density at radius 2 is 2.21 bits per heavy atom. The van der Waals surface area contributed by atoms with Crippen LogP contribution in [0.5, 0.6) is 5.75 Å². The maximum Gasteiger partial charge on any atom is 0.138 e. The van der Waals surface area contributed by atoms with E-state index in [1.165, 1.54) is 4.88 Å². The summed E-state index contributed by atoms with van der Waals surface area (Å²) in [5, 5.41) is 6.06. The van der Waals surface area contributed by atoms with Gasteiger partial charge in [-0.25, -0.2) is 0 Å². The number of thiophene rings is 1. The number of ether oxygens (including phenoxy) is 1. The molecule has 2 nitrogen and oxygen atoms in total. The van der Waals surface area contributed by atoms with Crippen molar-refractivity contribution in [1.29, 1.82) is 0 Å². The van der Waals surface area contributed by atoms with Crippen molar-refractivity contribution in [3.63, 3.8) is 0 Å². The Morgan fingerprint density at radius 3 is 2.84 bits per heavy atom. The monoisotopic (exact) mass is 359 g/mol. The zero-order chi connectivity index (χ0) is 13.7. The second-order valence-corrected chi connectivity index (χ2v) is 6.30. The van der Waals surface area contributed by atoms with E-state index in [0.717, 1.165) is 28.9 Å². The van der Waals surface area contributed by atoms with Crippen LogP contribution in [-0.4, -0.2) is 6.61 Å². The summed E-state index contributed by atoms with van der Waals surface area (Å²) in [7, 11) is 0. The first-order valence-corrected chi connectivity index (χ1v) is 8.14. The van der Waals surface area contributed by atoms with Crippen molar-refractivity contribution in [2.45, 2.75) is 19.9 Å². The van der Waals surface area contributed by atoms with Crippen LogP contribution in [0.15, 0.2) is 34.1 Å². The molecule has 0 radical (unpaired) electrons. The van der Waals surface area contributed by atoms with E-state index in [1.54, 1.807) is 11.3 Å². The van der Waals surface area contributed by atoms with Crippen molar-refractivity contribution in [3.8, 4) is 5.75 Å². The zero-order valence-corrected chi connectivity index (χ0v) is 13.7. The first-order chi connectivity index (χ1) is 9.20. The molecule has 19 heavy (non-hydrogen) atoms. The summed E-state index contributed by atoms with van der Waals surface area (Å²) in [5.74, 6) is 0.742. The Labute approximate surface area is 130 Å². The number of hydrogen-bond donors (Lipinski definition) is 1. The first-order valence-electron chi connectivity index (χ1n) is 6.08. The maximum absolute atomic E-state index is 6.19. The summed E-state index contributed by atoms with van der Waals surface area (Å²) >= 11 is 11.4. The van der Waals surface area contributed by atoms with Gasteiger partial charge >= 0.3 is 0 Å². The Bertz CT molecular complexity index is 544. The molecule has 1 aromatic heterocycles. The first kappa shape index (κ1) is 14.7. The molecule has 0 aliphatic rings. The Morgan fingerprint density at radius 1 is 1.37 bits per heavy atom. The van der Waals surface area contributed by atoms with Gasteiger partial charge < -0.3 is 10.1 Å². The van der Waals surface area contributed by atoms with Gasteiger partial charge in [-0.2, -0.15) is 0 Å². The molecule has 0 saturated carbocycles. The maximum atomic E-state index is 6.19. The van der Waals surface area contributed by atoms with Crippen LogP contribution < -0.4 is 10.1 Å². The van der Waals surface area contributed by atoms with Crippen LogP contribution in [0.25, 0.3) is 0 Å². The average molecular weight is 361 g/mol. The van der Waals surface area contributed by atoms with E-state index in [1.807, 2.05) is 18.2 Å². The molecule has 1 N–H and O–H groups in total. The molecule has 0 amide bonds. The van der Waals surface area contributed by atoms with Crippen LogP contribution >= 0.6 is 38.9 Å². The van der Waals surface area contributed by atoms with E-state index in [4.69, 9.17) is 16.3 Å². The van der Waals surface area contributed by atoms with Gasteiger partial charge in [0.1, 0.15) is 5.75 Å². The fourth-order valence-corrected chi connectivity index (χ4v) is 3.24. The van der Waals surface area contributed by atoms with Gasteiger partial charge in [0.25, 0.3) is 0 Å². The minimum Gasteiger partial charge on any atom is -0.492 e. The van der Waals surface area contributed by atoms with E-state index in [9.17, 15) is 0 Å². The average Bonchev–Trinajstić information content (AvgIpc) is 2.81. The van der Waals surface area contributed by atoms with Crippen LogP contribution in [0.2, 0.25) is 5.02 Å². The zero-order valence-electron chi connectivity index (χ0n) is 10.6. The summed E-state index contributed by atoms with van der Waals surface area (Å²) in [6.45, 7) is 3.54. The molecule has 0 unspecified atom stereocenters. The van der Waals surface area contributed by atoms with Crippen molar-refractivity contribution in [1.82, 2.24) is 0 Å². The highest BCUT2D eigenvalue weighted by Crippen LogP contribution is 2.29. The molecule has 2 aromatic rings. The molecule has 102 valence electrons. The fourth-order valence-electron chi connectivity index (χ4n) is 1.57. The number of anilines is 1. The third kappa shape index (κ3) is 4.13. The molecule has 0 atom stereocenters. The van der Waals surface area contributed by atoms with Gasteiger partial charge in [0.15, 0.2) is 0 Å². The fraction of sp³-hybridized carbons (Fsp3) is 0.286. The molecule has 0 aliphatic heterocycles. The number of benzene rings is 1. The highest BCUT2D eigenvalue weighted by Gasteiger charge is 2.04. The topological polar surface area (TPSA) is 21.3 Å². The van der Waals surface area contributed by atoms with Crippen molar-refractivity contribution < 1.29 is 4.74 Å². The summed E-state index contributed by atoms with van der Waals surface area (Å²) in [4.78, 5) is 1.27. The SMILES string of the molecule is CCCOc1ccc(NCc2sccc2Br)cc1Cl. The highest BCUT2D eigenvalue weighted by molar-refractivity contribution is 9.10. The molecule has 0 saturated heterocycles. The second kappa shape index (κ2) is 7.17. The quantitative estimate of drug-likeness (QED) is 0.727. The number of rotatable bonds is 6. The standard InChI is InChI=1S/C14H15BrClNOS/c1-2-6-18-13-4-3-10(8-12(13)16)17-9-14-11(15)5-7-19-14/h3-5,7-8,17H,2,6,9H2,1H3. The second-order valence-electron chi connectivity index (χ2n) is 4.04. The lowest BCUT2D eigenvalue weighted by molar-refractivity contribution is 0.317. The van der Waals surface area contributed by atoms with Crippen LogP contribution in [-0.2, 0) is 6.54 Å². The predicted octanol–water partition coefficient (Wildman–Crippen LogP) is 5.56. The van der Waals surface area contributed by atoms with Gasteiger partial charge in [0, 0.05) is 15.0 Å². The van der Waals surface area contributed by atoms with E-state index >= 15 is 0 Å². The van der Waals surface area contributed by atoms with Crippen LogP contribution in [0.1, 0.15) is 18.2 Å². The molecule has 1 heterocycles. The summed E-state index contributed by atoms with van der Waals surface area (Å²) in [6.07, 6.45) is 0.975. The van der Waals surface area contributed by atoms with Crippen molar-refractivity contribution in [2.24, 2.45) is 0 Å². The lowest BCUT2D eigenvalue weighted by Crippen LogP contribution is -1.99. The molecular formula is C14H15BrClNOS. The van der Waals surface area contributed by atoms with E-state index in [-0.39, 0.29) is 0 Å². The van der Waals surface area contributed by atoms with E-state index in [0.29, 0.717) is 11.6 Å². The van der Waals surface area contributed by atoms with E-state index < -0.39 is 0 Å². The molecular weight excluding hydrogens is 346 g/mol. The minimum absolute atomic E-state index is 0.642. The smallest absolute Gasteiger partial charge is 0.138 e. The van der Waals surface area contributed by atoms with Gasteiger partial charge in [0.05, 0.1) is 18.2 Å². The molecule has 5 heteroatoms. The van der Waals surface area contributed by atoms with Crippen molar-refractivity contribution in [2.75, 3.05) is 11.9 Å². The summed E-state index contributed by atoms with van der Waals surface area (Å²) in [5.41, 5.74) is 0.995. The highest BCUT2D eigenvalue weighted by atomic mass is 79.9. The predicted molar refractivity (Wildman–Crippen MR) is 86.6 cm³/mol. The Hall–Kier alpha value is -0.710. The number of hydrogen-bond acceptors (Lipinski definition) is 3. The third-order valence-corrected chi connectivity index (χ3v) is 4.76. The minimum atomic E-state index is 0.642. The number of halogens is 2. The summed E-state index contributed by atoms with van der Waals surface area (Å²) in [6, 6.07) is 7.84. The van der Waals surface area contributed by atoms with Gasteiger partial charge in [-0.3, -0.25) is 0 Å². The lowest BCUT2D eigenvalue weighted by Gasteiger charge is -2.10. The largest absolute Gasteiger partial charge is 0.492 e. The van der Waals surface area contributed by atoms with Crippen LogP contribution in [0, 0.1) is 0 Å². The molecule has 0 spiro atoms. The third-order valence-electron chi connectivity index (χ3n) is 2.54. The van der Waals surface area contributed by atoms with Gasteiger partial charge in [-0.05, 0) is 52.0 Å². The van der Waals surface area contributed by atoms with Gasteiger partial charge in [0.2, 0.25) is 0 Å². The van der Waals surface area contributed by atoms with Crippen LogP contribution in [0.3, 0.4) is 0 Å². The summed E-state index contributed by atoms with van der Waals surface area (Å²) < 4.78 is 6.68. The van der Waals surface area contributed by atoms with Gasteiger partial charge in [-0.1, -0.05) is 18.5 Å². The molecule has 0 bridgehead atoms. The van der Waals surface area contributed by atoms with Gasteiger partial charge in [-0.15, -0.1) is 11.3 Å². The number of nitrogens with one attached hydrogen (secondary N) is 1. The normalized spacial score (nSPS) is 10.5. The van der Waals surface area contributed by atoms with Crippen molar-refractivity contribution >= 4 is 44.6 Å². The Kier molecular flexibility index (Phi) is 5.55. The van der Waals surface area contributed by atoms with Crippen LogP contribution in [0.4, 0.5) is 5.69 Å². The molecule has 0 aliphatic carbocycles. The van der Waals surface area contributed by atoms with Crippen molar-refractivity contribution in [3.05, 3.63) is 44.0 Å². The molecule has 1 aromatic carbocycles.